The average molecular weight is 325 g/mol. The molecule has 1 atom stereocenters. The van der Waals surface area contributed by atoms with Gasteiger partial charge < -0.3 is 9.64 Å². The fraction of sp³-hybridized carbons (Fsp3) is 0.895. The number of hydrogen-bond donors (Lipinski definition) is 0. The van der Waals surface area contributed by atoms with E-state index >= 15 is 0 Å². The van der Waals surface area contributed by atoms with Crippen molar-refractivity contribution in [2.45, 2.75) is 72.1 Å². The van der Waals surface area contributed by atoms with Crippen LogP contribution in [0.2, 0.25) is 0 Å². The van der Waals surface area contributed by atoms with Crippen LogP contribution in [-0.4, -0.2) is 37.0 Å². The van der Waals surface area contributed by atoms with Crippen molar-refractivity contribution in [1.29, 1.82) is 0 Å². The zero-order valence-corrected chi connectivity index (χ0v) is 15.5. The summed E-state index contributed by atoms with van der Waals surface area (Å²) in [5.41, 5.74) is 0. The van der Waals surface area contributed by atoms with Crippen molar-refractivity contribution in [1.82, 2.24) is 4.90 Å². The molecule has 1 fully saturated rings. The number of rotatable bonds is 9. The van der Waals surface area contributed by atoms with Gasteiger partial charge >= 0.3 is 5.97 Å². The van der Waals surface area contributed by atoms with Gasteiger partial charge in [0.25, 0.3) is 0 Å². The zero-order valence-electron chi connectivity index (χ0n) is 15.5. The van der Waals surface area contributed by atoms with E-state index in [0.717, 1.165) is 25.3 Å². The van der Waals surface area contributed by atoms with Crippen LogP contribution >= 0.6 is 0 Å². The van der Waals surface area contributed by atoms with Gasteiger partial charge in [0.2, 0.25) is 5.91 Å². The van der Waals surface area contributed by atoms with Gasteiger partial charge in [0, 0.05) is 19.5 Å². The van der Waals surface area contributed by atoms with Gasteiger partial charge in [0.1, 0.15) is 0 Å². The van der Waals surface area contributed by atoms with Gasteiger partial charge in [0.15, 0.2) is 0 Å². The molecular formula is C19H35NO3. The number of hydrogen-bond acceptors (Lipinski definition) is 3. The summed E-state index contributed by atoms with van der Waals surface area (Å²) < 4.78 is 4.80. The minimum absolute atomic E-state index is 0.201. The molecular weight excluding hydrogens is 290 g/mol. The van der Waals surface area contributed by atoms with Crippen LogP contribution < -0.4 is 0 Å². The van der Waals surface area contributed by atoms with E-state index in [1.165, 1.54) is 39.2 Å². The number of nitrogens with zero attached hydrogens (tertiary/aromatic N) is 1. The zero-order chi connectivity index (χ0) is 17.2. The van der Waals surface area contributed by atoms with Crippen LogP contribution in [0.3, 0.4) is 0 Å². The minimum Gasteiger partial charge on any atom is -0.469 e. The van der Waals surface area contributed by atoms with Crippen molar-refractivity contribution in [3.8, 4) is 0 Å². The summed E-state index contributed by atoms with van der Waals surface area (Å²) in [5, 5.41) is 0. The first kappa shape index (κ1) is 20.0. The predicted molar refractivity (Wildman–Crippen MR) is 93.0 cm³/mol. The van der Waals surface area contributed by atoms with E-state index in [-0.39, 0.29) is 17.8 Å². The van der Waals surface area contributed by atoms with E-state index in [2.05, 4.69) is 13.8 Å². The van der Waals surface area contributed by atoms with Crippen molar-refractivity contribution in [3.05, 3.63) is 0 Å². The third-order valence-corrected chi connectivity index (χ3v) is 4.92. The maximum absolute atomic E-state index is 12.6. The molecule has 0 N–H and O–H groups in total. The molecule has 0 saturated heterocycles. The molecule has 4 nitrogen and oxygen atoms in total. The van der Waals surface area contributed by atoms with E-state index < -0.39 is 0 Å². The first-order valence-corrected chi connectivity index (χ1v) is 9.29. The second-order valence-electron chi connectivity index (χ2n) is 7.49. The Bertz CT molecular complexity index is 362. The Balaban J connectivity index is 2.50. The van der Waals surface area contributed by atoms with Gasteiger partial charge in [-0.25, -0.2) is 0 Å². The molecule has 1 aliphatic carbocycles. The third-order valence-electron chi connectivity index (χ3n) is 4.92. The van der Waals surface area contributed by atoms with Crippen molar-refractivity contribution in [3.63, 3.8) is 0 Å². The summed E-state index contributed by atoms with van der Waals surface area (Å²) in [6.07, 6.45) is 9.13. The maximum Gasteiger partial charge on any atom is 0.310 e. The molecule has 4 heteroatoms. The first-order chi connectivity index (χ1) is 10.9. The number of amides is 1. The van der Waals surface area contributed by atoms with Crippen LogP contribution in [0, 0.1) is 17.8 Å². The highest BCUT2D eigenvalue weighted by Gasteiger charge is 2.23. The topological polar surface area (TPSA) is 46.6 Å². The Morgan fingerprint density at radius 1 is 1.13 bits per heavy atom. The minimum atomic E-state index is -0.259. The Hall–Kier alpha value is -1.06. The van der Waals surface area contributed by atoms with Crippen molar-refractivity contribution in [2.24, 2.45) is 17.8 Å². The molecule has 0 aromatic carbocycles. The molecule has 0 aromatic rings. The lowest BCUT2D eigenvalue weighted by Crippen LogP contribution is -2.38. The Morgan fingerprint density at radius 3 is 2.35 bits per heavy atom. The number of methoxy groups -OCH3 is 1. The predicted octanol–water partition coefficient (Wildman–Crippen LogP) is 4.03. The van der Waals surface area contributed by atoms with Gasteiger partial charge in [-0.15, -0.1) is 0 Å². The van der Waals surface area contributed by atoms with Crippen molar-refractivity contribution >= 4 is 11.9 Å². The van der Waals surface area contributed by atoms with E-state index in [1.807, 2.05) is 11.8 Å². The number of carbonyl (C=O) groups is 2. The van der Waals surface area contributed by atoms with Crippen LogP contribution in [0.25, 0.3) is 0 Å². The van der Waals surface area contributed by atoms with E-state index in [0.29, 0.717) is 18.9 Å². The molecule has 0 radical (unpaired) electrons. The van der Waals surface area contributed by atoms with Crippen LogP contribution in [0.15, 0.2) is 0 Å². The Kier molecular flexibility index (Phi) is 9.27. The first-order valence-electron chi connectivity index (χ1n) is 9.29. The lowest BCUT2D eigenvalue weighted by molar-refractivity contribution is -0.146. The molecule has 0 aliphatic heterocycles. The van der Waals surface area contributed by atoms with Gasteiger partial charge in [-0.05, 0) is 24.7 Å². The van der Waals surface area contributed by atoms with Crippen molar-refractivity contribution in [2.75, 3.05) is 20.2 Å². The highest BCUT2D eigenvalue weighted by molar-refractivity contribution is 5.78. The largest absolute Gasteiger partial charge is 0.469 e. The molecule has 0 aromatic heterocycles. The number of ether oxygens (including phenoxy) is 1. The third kappa shape index (κ3) is 7.85. The summed E-state index contributed by atoms with van der Waals surface area (Å²) in [6, 6.07) is 0. The van der Waals surface area contributed by atoms with E-state index in [4.69, 9.17) is 4.74 Å². The van der Waals surface area contributed by atoms with Gasteiger partial charge in [0.05, 0.1) is 13.0 Å². The molecule has 1 amide bonds. The van der Waals surface area contributed by atoms with Crippen LogP contribution in [0.4, 0.5) is 0 Å². The summed E-state index contributed by atoms with van der Waals surface area (Å²) in [5.74, 6) is 0.979. The second kappa shape index (κ2) is 10.7. The molecule has 134 valence electrons. The normalized spacial score (nSPS) is 17.1. The smallest absolute Gasteiger partial charge is 0.310 e. The molecule has 0 heterocycles. The maximum atomic E-state index is 12.6. The fourth-order valence-corrected chi connectivity index (χ4v) is 3.30. The SMILES string of the molecule is COC(=O)C(C)CN(CCC(C)C)C(=O)CCC1CCCCC1. The summed E-state index contributed by atoms with van der Waals surface area (Å²) >= 11 is 0. The summed E-state index contributed by atoms with van der Waals surface area (Å²) in [4.78, 5) is 26.2. The number of carbonyl (C=O) groups excluding carboxylic acids is 2. The molecule has 1 rings (SSSR count). The summed E-state index contributed by atoms with van der Waals surface area (Å²) in [6.45, 7) is 7.37. The van der Waals surface area contributed by atoms with Gasteiger partial charge in [-0.1, -0.05) is 52.9 Å². The van der Waals surface area contributed by atoms with E-state index in [1.54, 1.807) is 0 Å². The Morgan fingerprint density at radius 2 is 1.78 bits per heavy atom. The van der Waals surface area contributed by atoms with Crippen LogP contribution in [0.1, 0.15) is 72.1 Å². The molecule has 1 saturated carbocycles. The quantitative estimate of drug-likeness (QED) is 0.601. The van der Waals surface area contributed by atoms with Gasteiger partial charge in [-0.3, -0.25) is 9.59 Å². The molecule has 23 heavy (non-hydrogen) atoms. The average Bonchev–Trinajstić information content (AvgIpc) is 2.56. The van der Waals surface area contributed by atoms with Crippen LogP contribution in [-0.2, 0) is 14.3 Å². The van der Waals surface area contributed by atoms with E-state index in [9.17, 15) is 9.59 Å². The summed E-state index contributed by atoms with van der Waals surface area (Å²) in [7, 11) is 1.40. The van der Waals surface area contributed by atoms with Crippen molar-refractivity contribution < 1.29 is 14.3 Å². The highest BCUT2D eigenvalue weighted by atomic mass is 16.5. The molecule has 1 aliphatic rings. The fourth-order valence-electron chi connectivity index (χ4n) is 3.30. The molecule has 0 spiro atoms. The second-order valence-corrected chi connectivity index (χ2v) is 7.49. The standard InChI is InChI=1S/C19H35NO3/c1-15(2)12-13-20(14-16(3)19(22)23-4)18(21)11-10-17-8-6-5-7-9-17/h15-17H,5-14H2,1-4H3. The van der Waals surface area contributed by atoms with Gasteiger partial charge in [-0.2, -0.15) is 0 Å². The lowest BCUT2D eigenvalue weighted by Gasteiger charge is -2.27. The monoisotopic (exact) mass is 325 g/mol. The highest BCUT2D eigenvalue weighted by Crippen LogP contribution is 2.27. The van der Waals surface area contributed by atoms with Crippen LogP contribution in [0.5, 0.6) is 0 Å². The Labute approximate surface area is 141 Å². The lowest BCUT2D eigenvalue weighted by atomic mass is 9.86. The molecule has 1 unspecified atom stereocenters. The number of esters is 1. The molecule has 0 bridgehead atoms.